The van der Waals surface area contributed by atoms with Gasteiger partial charge < -0.3 is 5.32 Å². The summed E-state index contributed by atoms with van der Waals surface area (Å²) in [5, 5.41) is 3.40. The molecule has 1 saturated heterocycles. The molecule has 2 N–H and O–H groups in total. The van der Waals surface area contributed by atoms with Gasteiger partial charge in [-0.15, -0.1) is 0 Å². The van der Waals surface area contributed by atoms with Gasteiger partial charge in [0.25, 0.3) is 5.65 Å². The highest BCUT2D eigenvalue weighted by Gasteiger charge is 2.19. The third-order valence-corrected chi connectivity index (χ3v) is 3.73. The third kappa shape index (κ3) is 2.13. The lowest BCUT2D eigenvalue weighted by molar-refractivity contribution is -0.521. The van der Waals surface area contributed by atoms with Crippen LogP contribution in [0, 0.1) is 13.8 Å². The second-order valence-electron chi connectivity index (χ2n) is 5.18. The standard InChI is InChI=1S/C14H20N4/c1-11-3-6-18-13(12(2)16-14(18)9-11)10-17-7-4-15-5-8-17/h3,6,9,15H,4-5,7-8,10H2,1-2H3/p+1. The molecule has 1 aliphatic rings. The number of aryl methyl sites for hydroxylation is 2. The van der Waals surface area contributed by atoms with Crippen LogP contribution in [0.2, 0.25) is 0 Å². The summed E-state index contributed by atoms with van der Waals surface area (Å²) >= 11 is 0. The van der Waals surface area contributed by atoms with E-state index in [-0.39, 0.29) is 0 Å². The Balaban J connectivity index is 1.92. The molecule has 1 fully saturated rings. The van der Waals surface area contributed by atoms with Crippen molar-refractivity contribution in [1.29, 1.82) is 0 Å². The number of hydrogen-bond acceptors (Lipinski definition) is 2. The fourth-order valence-corrected chi connectivity index (χ4v) is 2.66. The lowest BCUT2D eigenvalue weighted by Crippen LogP contribution is -2.44. The molecule has 0 radical (unpaired) electrons. The fourth-order valence-electron chi connectivity index (χ4n) is 2.66. The first-order valence-electron chi connectivity index (χ1n) is 6.66. The van der Waals surface area contributed by atoms with Gasteiger partial charge in [0.15, 0.2) is 5.69 Å². The molecule has 0 bridgehead atoms. The maximum Gasteiger partial charge on any atom is 0.284 e. The molecule has 0 unspecified atom stereocenters. The van der Waals surface area contributed by atoms with E-state index in [4.69, 9.17) is 0 Å². The van der Waals surface area contributed by atoms with Gasteiger partial charge in [0.2, 0.25) is 0 Å². The second-order valence-corrected chi connectivity index (χ2v) is 5.18. The molecule has 3 heterocycles. The smallest absolute Gasteiger partial charge is 0.284 e. The van der Waals surface area contributed by atoms with E-state index in [0.29, 0.717) is 0 Å². The van der Waals surface area contributed by atoms with Crippen molar-refractivity contribution in [3.05, 3.63) is 35.3 Å². The highest BCUT2D eigenvalue weighted by atomic mass is 15.2. The van der Waals surface area contributed by atoms with Gasteiger partial charge in [0.05, 0.1) is 12.7 Å². The van der Waals surface area contributed by atoms with E-state index in [1.165, 1.54) is 22.6 Å². The number of imidazole rings is 1. The quantitative estimate of drug-likeness (QED) is 0.767. The molecular formula is C14H21N4+. The summed E-state index contributed by atoms with van der Waals surface area (Å²) < 4.78 is 2.28. The number of rotatable bonds is 2. The minimum Gasteiger partial charge on any atom is -0.314 e. The first kappa shape index (κ1) is 11.7. The van der Waals surface area contributed by atoms with E-state index < -0.39 is 0 Å². The lowest BCUT2D eigenvalue weighted by atomic mass is 10.2. The summed E-state index contributed by atoms with van der Waals surface area (Å²) in [6.45, 7) is 9.81. The summed E-state index contributed by atoms with van der Waals surface area (Å²) in [6, 6.07) is 4.37. The lowest BCUT2D eigenvalue weighted by Gasteiger charge is -2.26. The van der Waals surface area contributed by atoms with Crippen LogP contribution in [-0.4, -0.2) is 36.1 Å². The van der Waals surface area contributed by atoms with Crippen molar-refractivity contribution in [2.24, 2.45) is 0 Å². The van der Waals surface area contributed by atoms with Crippen molar-refractivity contribution < 1.29 is 4.40 Å². The molecule has 0 aliphatic carbocycles. The molecule has 0 atom stereocenters. The zero-order valence-corrected chi connectivity index (χ0v) is 11.2. The Morgan fingerprint density at radius 1 is 1.28 bits per heavy atom. The molecule has 0 amide bonds. The van der Waals surface area contributed by atoms with Gasteiger partial charge in [-0.1, -0.05) is 0 Å². The number of aromatic amines is 1. The van der Waals surface area contributed by atoms with Crippen molar-refractivity contribution in [3.63, 3.8) is 0 Å². The number of piperazine rings is 1. The minimum atomic E-state index is 1.03. The normalized spacial score (nSPS) is 17.4. The summed E-state index contributed by atoms with van der Waals surface area (Å²) in [5.41, 5.74) is 5.15. The molecule has 2 aromatic rings. The van der Waals surface area contributed by atoms with E-state index in [0.717, 1.165) is 32.7 Å². The van der Waals surface area contributed by atoms with Crippen molar-refractivity contribution in [2.45, 2.75) is 20.4 Å². The predicted molar refractivity (Wildman–Crippen MR) is 71.6 cm³/mol. The van der Waals surface area contributed by atoms with Gasteiger partial charge in [-0.3, -0.25) is 4.90 Å². The SMILES string of the molecule is Cc1cc[n+]2c(CN3CCNCC3)c(C)[nH]c2c1. The average molecular weight is 245 g/mol. The predicted octanol–water partition coefficient (Wildman–Crippen LogP) is 0.775. The van der Waals surface area contributed by atoms with Crippen LogP contribution in [0.25, 0.3) is 5.65 Å². The van der Waals surface area contributed by atoms with Crippen LogP contribution in [0.4, 0.5) is 0 Å². The van der Waals surface area contributed by atoms with E-state index >= 15 is 0 Å². The van der Waals surface area contributed by atoms with Gasteiger partial charge in [0.1, 0.15) is 5.69 Å². The number of nitrogens with one attached hydrogen (secondary N) is 2. The van der Waals surface area contributed by atoms with Gasteiger partial charge in [-0.2, -0.15) is 4.40 Å². The van der Waals surface area contributed by atoms with E-state index in [1.807, 2.05) is 0 Å². The Morgan fingerprint density at radius 2 is 2.06 bits per heavy atom. The second kappa shape index (κ2) is 4.71. The van der Waals surface area contributed by atoms with Crippen LogP contribution in [0.3, 0.4) is 0 Å². The first-order valence-corrected chi connectivity index (χ1v) is 6.66. The van der Waals surface area contributed by atoms with Gasteiger partial charge in [-0.05, 0) is 18.6 Å². The largest absolute Gasteiger partial charge is 0.314 e. The molecule has 2 aromatic heterocycles. The van der Waals surface area contributed by atoms with Gasteiger partial charge in [0, 0.05) is 39.2 Å². The summed E-state index contributed by atoms with van der Waals surface area (Å²) in [6.07, 6.45) is 2.17. The number of H-pyrrole nitrogens is 1. The van der Waals surface area contributed by atoms with Crippen LogP contribution >= 0.6 is 0 Å². The molecule has 0 spiro atoms. The fraction of sp³-hybridized carbons (Fsp3) is 0.500. The number of pyridine rings is 1. The van der Waals surface area contributed by atoms with Crippen LogP contribution < -0.4 is 9.72 Å². The molecule has 4 nitrogen and oxygen atoms in total. The molecule has 96 valence electrons. The van der Waals surface area contributed by atoms with E-state index in [1.54, 1.807) is 0 Å². The summed E-state index contributed by atoms with van der Waals surface area (Å²) in [7, 11) is 0. The molecule has 3 rings (SSSR count). The highest BCUT2D eigenvalue weighted by molar-refractivity contribution is 5.35. The van der Waals surface area contributed by atoms with Crippen molar-refractivity contribution in [1.82, 2.24) is 15.2 Å². The average Bonchev–Trinajstić information content (AvgIpc) is 2.66. The first-order chi connectivity index (χ1) is 8.74. The van der Waals surface area contributed by atoms with Crippen LogP contribution in [0.1, 0.15) is 17.0 Å². The third-order valence-electron chi connectivity index (χ3n) is 3.73. The summed E-state index contributed by atoms with van der Waals surface area (Å²) in [5.74, 6) is 0. The van der Waals surface area contributed by atoms with E-state index in [9.17, 15) is 0 Å². The Morgan fingerprint density at radius 3 is 2.83 bits per heavy atom. The Bertz CT molecular complexity index is 552. The number of fused-ring (bicyclic) bond motifs is 1. The molecule has 18 heavy (non-hydrogen) atoms. The Kier molecular flexibility index (Phi) is 3.06. The zero-order chi connectivity index (χ0) is 12.5. The molecule has 0 saturated carbocycles. The van der Waals surface area contributed by atoms with Crippen molar-refractivity contribution in [3.8, 4) is 0 Å². The number of aromatic nitrogens is 2. The minimum absolute atomic E-state index is 1.03. The van der Waals surface area contributed by atoms with Gasteiger partial charge in [-0.25, -0.2) is 4.98 Å². The van der Waals surface area contributed by atoms with E-state index in [2.05, 4.69) is 51.8 Å². The topological polar surface area (TPSA) is 35.2 Å². The van der Waals surface area contributed by atoms with Crippen molar-refractivity contribution in [2.75, 3.05) is 26.2 Å². The molecule has 4 heteroatoms. The maximum absolute atomic E-state index is 3.48. The Hall–Kier alpha value is -1.39. The molecule has 0 aromatic carbocycles. The van der Waals surface area contributed by atoms with Crippen molar-refractivity contribution >= 4 is 5.65 Å². The summed E-state index contributed by atoms with van der Waals surface area (Å²) in [4.78, 5) is 5.99. The maximum atomic E-state index is 3.48. The van der Waals surface area contributed by atoms with Crippen LogP contribution in [0.5, 0.6) is 0 Å². The molecule has 1 aliphatic heterocycles. The number of hydrogen-bond donors (Lipinski definition) is 2. The van der Waals surface area contributed by atoms with Gasteiger partial charge >= 0.3 is 0 Å². The molecular weight excluding hydrogens is 224 g/mol. The monoisotopic (exact) mass is 245 g/mol. The van der Waals surface area contributed by atoms with Crippen LogP contribution in [-0.2, 0) is 6.54 Å². The zero-order valence-electron chi connectivity index (χ0n) is 11.2. The Labute approximate surface area is 108 Å². The number of nitrogens with zero attached hydrogens (tertiary/aromatic N) is 2. The van der Waals surface area contributed by atoms with Crippen LogP contribution in [0.15, 0.2) is 18.3 Å². The highest BCUT2D eigenvalue weighted by Crippen LogP contribution is 2.09.